The van der Waals surface area contributed by atoms with Gasteiger partial charge in [-0.25, -0.2) is 0 Å². The van der Waals surface area contributed by atoms with Gasteiger partial charge < -0.3 is 0 Å². The first-order valence-electron chi connectivity index (χ1n) is 7.03. The van der Waals surface area contributed by atoms with Gasteiger partial charge in [0, 0.05) is 0 Å². The average Bonchev–Trinajstić information content (AvgIpc) is 3.25. The normalized spacial score (nSPS) is 40.1. The standard InChI is InChI=1S/C13H22S2Se2Te2/c16-10(1-8-5-14-8)3-12-13(19-7-18-12)4-11(17)2-9-6-15-9/h8-13,16-17H,1-7H2. The molecule has 0 radical (unpaired) electrons. The minimum absolute atomic E-state index is 0.408. The summed E-state index contributed by atoms with van der Waals surface area (Å²) in [5, 5.41) is 2.10. The summed E-state index contributed by atoms with van der Waals surface area (Å²) in [5.41, 5.74) is 0. The summed E-state index contributed by atoms with van der Waals surface area (Å²) in [6.07, 6.45) is 6.19. The molecule has 3 aliphatic heterocycles. The van der Waals surface area contributed by atoms with Crippen LogP contribution in [0.5, 0.6) is 0 Å². The molecule has 0 N–H and O–H groups in total. The maximum absolute atomic E-state index is 3.02. The van der Waals surface area contributed by atoms with E-state index in [9.17, 15) is 0 Å². The number of hydrogen-bond donors (Lipinski definition) is 0. The zero-order valence-corrected chi connectivity index (χ0v) is 21.0. The Balaban J connectivity index is 1.40. The van der Waals surface area contributed by atoms with E-state index in [2.05, 4.69) is 55.5 Å². The summed E-state index contributed by atoms with van der Waals surface area (Å²) >= 11 is 11.2. The van der Waals surface area contributed by atoms with Gasteiger partial charge in [-0.15, -0.1) is 0 Å². The van der Waals surface area contributed by atoms with Crippen molar-refractivity contribution >= 4 is 97.4 Å². The molecule has 6 heteroatoms. The second-order valence-corrected chi connectivity index (χ2v) is 22.0. The van der Waals surface area contributed by atoms with Crippen LogP contribution in [-0.4, -0.2) is 95.9 Å². The van der Waals surface area contributed by atoms with Gasteiger partial charge in [-0.3, -0.25) is 0 Å². The van der Waals surface area contributed by atoms with Crippen molar-refractivity contribution in [3.05, 3.63) is 0 Å². The fraction of sp³-hybridized carbons (Fsp3) is 1.00. The van der Waals surface area contributed by atoms with Crippen molar-refractivity contribution in [3.63, 3.8) is 0 Å². The average molecular weight is 656 g/mol. The maximum atomic E-state index is 3.02. The molecule has 0 aliphatic carbocycles. The van der Waals surface area contributed by atoms with Crippen LogP contribution in [0.15, 0.2) is 0 Å². The van der Waals surface area contributed by atoms with Gasteiger partial charge in [-0.2, -0.15) is 0 Å². The molecule has 0 aromatic carbocycles. The van der Waals surface area contributed by atoms with Crippen molar-refractivity contribution in [2.75, 3.05) is 11.5 Å². The van der Waals surface area contributed by atoms with Gasteiger partial charge in [0.15, 0.2) is 0 Å². The van der Waals surface area contributed by atoms with E-state index in [4.69, 9.17) is 0 Å². The molecular formula is C13H22S2Se2Te2. The van der Waals surface area contributed by atoms with Gasteiger partial charge in [-0.1, -0.05) is 0 Å². The van der Waals surface area contributed by atoms with Gasteiger partial charge in [0.25, 0.3) is 0 Å². The van der Waals surface area contributed by atoms with Gasteiger partial charge >= 0.3 is 165 Å². The van der Waals surface area contributed by atoms with E-state index in [-0.39, 0.29) is 0 Å². The summed E-state index contributed by atoms with van der Waals surface area (Å²) in [6, 6.07) is 0. The van der Waals surface area contributed by atoms with Crippen molar-refractivity contribution in [3.8, 4) is 0 Å². The molecule has 6 atom stereocenters. The van der Waals surface area contributed by atoms with Crippen LogP contribution in [-0.2, 0) is 0 Å². The van der Waals surface area contributed by atoms with Gasteiger partial charge in [0.05, 0.1) is 0 Å². The number of rotatable bonds is 8. The van der Waals surface area contributed by atoms with Gasteiger partial charge in [0.1, 0.15) is 0 Å². The third-order valence-electron chi connectivity index (χ3n) is 3.86. The third kappa shape index (κ3) is 6.38. The molecule has 0 amide bonds. The molecule has 0 nitrogen and oxygen atoms in total. The Hall–Kier alpha value is 3.32. The Bertz CT molecular complexity index is 272. The van der Waals surface area contributed by atoms with Crippen LogP contribution >= 0.6 is 23.5 Å². The molecule has 0 aromatic heterocycles. The van der Waals surface area contributed by atoms with E-state index in [0.717, 1.165) is 20.1 Å². The second kappa shape index (κ2) is 8.43. The van der Waals surface area contributed by atoms with Crippen molar-refractivity contribution in [1.82, 2.24) is 0 Å². The van der Waals surface area contributed by atoms with Crippen LogP contribution in [0.2, 0.25) is 20.1 Å². The summed E-state index contributed by atoms with van der Waals surface area (Å²) in [7, 11) is 0. The molecule has 0 saturated carbocycles. The van der Waals surface area contributed by atoms with E-state index in [1.165, 1.54) is 32.3 Å². The number of hydrogen-bond acceptors (Lipinski definition) is 2. The Labute approximate surface area is 163 Å². The SMILES string of the molecule is [SeH]C(CC1CS1)CC1[Te]C[Te]C1CC([SeH])CC1CS1. The summed E-state index contributed by atoms with van der Waals surface area (Å²) in [6.45, 7) is 0. The molecule has 0 bridgehead atoms. The van der Waals surface area contributed by atoms with Gasteiger partial charge in [-0.05, 0) is 0 Å². The predicted molar refractivity (Wildman–Crippen MR) is 96.6 cm³/mol. The van der Waals surface area contributed by atoms with Crippen LogP contribution in [0.4, 0.5) is 0 Å². The van der Waals surface area contributed by atoms with E-state index in [0.29, 0.717) is 41.8 Å². The van der Waals surface area contributed by atoms with E-state index in [1.54, 1.807) is 15.4 Å². The van der Waals surface area contributed by atoms with E-state index >= 15 is 0 Å². The molecule has 3 fully saturated rings. The molecule has 3 heterocycles. The summed E-state index contributed by atoms with van der Waals surface area (Å²) < 4.78 is 4.24. The van der Waals surface area contributed by atoms with Crippen LogP contribution in [0, 0.1) is 0 Å². The molecule has 110 valence electrons. The first-order valence-corrected chi connectivity index (χ1v) is 17.3. The zero-order valence-electron chi connectivity index (χ0n) is 10.9. The van der Waals surface area contributed by atoms with Crippen molar-refractivity contribution < 1.29 is 0 Å². The first-order chi connectivity index (χ1) is 9.20. The Morgan fingerprint density at radius 1 is 0.842 bits per heavy atom. The summed E-state index contributed by atoms with van der Waals surface area (Å²) in [5.74, 6) is 2.92. The molecule has 19 heavy (non-hydrogen) atoms. The second-order valence-electron chi connectivity index (χ2n) is 5.69. The molecule has 0 aromatic rings. The Morgan fingerprint density at radius 2 is 1.26 bits per heavy atom. The van der Waals surface area contributed by atoms with Crippen molar-refractivity contribution in [2.24, 2.45) is 0 Å². The molecule has 3 rings (SSSR count). The summed E-state index contributed by atoms with van der Waals surface area (Å²) in [4.78, 5) is 1.94. The Morgan fingerprint density at radius 3 is 1.63 bits per heavy atom. The molecular weight excluding hydrogens is 633 g/mol. The van der Waals surface area contributed by atoms with Crippen molar-refractivity contribution in [2.45, 2.75) is 56.3 Å². The molecule has 3 aliphatic rings. The fourth-order valence-corrected chi connectivity index (χ4v) is 24.8. The Kier molecular flexibility index (Phi) is 7.61. The molecule has 0 spiro atoms. The topological polar surface area (TPSA) is 0 Å². The van der Waals surface area contributed by atoms with E-state index in [1.807, 2.05) is 0 Å². The van der Waals surface area contributed by atoms with Crippen LogP contribution in [0.3, 0.4) is 0 Å². The van der Waals surface area contributed by atoms with Crippen molar-refractivity contribution in [1.29, 1.82) is 0 Å². The first kappa shape index (κ1) is 17.2. The third-order valence-corrected chi connectivity index (χ3v) is 20.7. The van der Waals surface area contributed by atoms with Gasteiger partial charge in [0.2, 0.25) is 0 Å². The van der Waals surface area contributed by atoms with E-state index < -0.39 is 0 Å². The van der Waals surface area contributed by atoms with Crippen LogP contribution in [0.25, 0.3) is 0 Å². The van der Waals surface area contributed by atoms with Crippen LogP contribution < -0.4 is 0 Å². The molecule has 3 saturated heterocycles. The monoisotopic (exact) mass is 662 g/mol. The zero-order chi connectivity index (χ0) is 13.2. The predicted octanol–water partition coefficient (Wildman–Crippen LogP) is 2.53. The van der Waals surface area contributed by atoms with Crippen LogP contribution in [0.1, 0.15) is 25.7 Å². The fourth-order valence-electron chi connectivity index (χ4n) is 2.61. The quantitative estimate of drug-likeness (QED) is 0.292. The number of thioether (sulfide) groups is 2. The molecule has 6 unspecified atom stereocenters. The minimum atomic E-state index is 0.408.